The molecule has 0 spiro atoms. The predicted molar refractivity (Wildman–Crippen MR) is 47.0 cm³/mol. The van der Waals surface area contributed by atoms with Crippen LogP contribution in [0.2, 0.25) is 5.15 Å². The molecule has 6 heteroatoms. The van der Waals surface area contributed by atoms with E-state index in [1.54, 1.807) is 18.3 Å². The van der Waals surface area contributed by atoms with E-state index in [1.807, 2.05) is 0 Å². The van der Waals surface area contributed by atoms with Crippen LogP contribution in [0.5, 0.6) is 0 Å². The van der Waals surface area contributed by atoms with Crippen LogP contribution in [0.1, 0.15) is 0 Å². The van der Waals surface area contributed by atoms with E-state index >= 15 is 0 Å². The molecule has 0 saturated carbocycles. The molecule has 2 N–H and O–H groups in total. The van der Waals surface area contributed by atoms with Gasteiger partial charge in [0.2, 0.25) is 5.82 Å². The Morgan fingerprint density at radius 1 is 1.46 bits per heavy atom. The van der Waals surface area contributed by atoms with Gasteiger partial charge in [0.25, 0.3) is 0 Å². The molecule has 0 bridgehead atoms. The maximum Gasteiger partial charge on any atom is 0.319 e. The summed E-state index contributed by atoms with van der Waals surface area (Å²) in [6, 6.07) is 3.38. The van der Waals surface area contributed by atoms with Gasteiger partial charge < -0.3 is 10.3 Å². The maximum absolute atomic E-state index is 5.67. The summed E-state index contributed by atoms with van der Waals surface area (Å²) >= 11 is 5.67. The van der Waals surface area contributed by atoms with Crippen LogP contribution in [-0.4, -0.2) is 15.1 Å². The lowest BCUT2D eigenvalue weighted by Gasteiger charge is -1.92. The number of pyridine rings is 1. The molecule has 2 aromatic rings. The smallest absolute Gasteiger partial charge is 0.319 e. The van der Waals surface area contributed by atoms with Crippen LogP contribution in [-0.2, 0) is 0 Å². The monoisotopic (exact) mass is 196 g/mol. The molecule has 0 aliphatic rings. The molecule has 0 unspecified atom stereocenters. The van der Waals surface area contributed by atoms with Crippen LogP contribution in [0, 0.1) is 0 Å². The maximum atomic E-state index is 5.67. The third kappa shape index (κ3) is 1.59. The van der Waals surface area contributed by atoms with Crippen LogP contribution in [0.3, 0.4) is 0 Å². The molecule has 13 heavy (non-hydrogen) atoms. The van der Waals surface area contributed by atoms with E-state index in [0.717, 1.165) is 5.56 Å². The van der Waals surface area contributed by atoms with Crippen LogP contribution in [0.4, 0.5) is 6.01 Å². The van der Waals surface area contributed by atoms with Gasteiger partial charge in [0.1, 0.15) is 5.15 Å². The lowest BCUT2D eigenvalue weighted by molar-refractivity contribution is 0.437. The first-order chi connectivity index (χ1) is 6.25. The van der Waals surface area contributed by atoms with Crippen molar-refractivity contribution in [3.8, 4) is 11.4 Å². The Kier molecular flexibility index (Phi) is 1.86. The Balaban J connectivity index is 2.46. The highest BCUT2D eigenvalue weighted by molar-refractivity contribution is 6.29. The van der Waals surface area contributed by atoms with Gasteiger partial charge in [-0.3, -0.25) is 0 Å². The molecule has 0 saturated heterocycles. The van der Waals surface area contributed by atoms with Gasteiger partial charge in [0, 0.05) is 11.8 Å². The molecule has 0 aliphatic heterocycles. The van der Waals surface area contributed by atoms with Crippen LogP contribution in [0.25, 0.3) is 11.4 Å². The molecule has 0 atom stereocenters. The van der Waals surface area contributed by atoms with Gasteiger partial charge in [-0.1, -0.05) is 16.8 Å². The van der Waals surface area contributed by atoms with Crippen molar-refractivity contribution in [1.82, 2.24) is 15.1 Å². The number of rotatable bonds is 1. The zero-order chi connectivity index (χ0) is 9.26. The normalized spacial score (nSPS) is 10.2. The van der Waals surface area contributed by atoms with Gasteiger partial charge >= 0.3 is 6.01 Å². The lowest BCUT2D eigenvalue weighted by atomic mass is 10.2. The SMILES string of the molecule is Nc1nc(-c2ccnc(Cl)c2)no1. The number of anilines is 1. The molecule has 0 aromatic carbocycles. The summed E-state index contributed by atoms with van der Waals surface area (Å²) in [5, 5.41) is 4.01. The van der Waals surface area contributed by atoms with Crippen molar-refractivity contribution in [2.45, 2.75) is 0 Å². The highest BCUT2D eigenvalue weighted by atomic mass is 35.5. The molecular weight excluding hydrogens is 192 g/mol. The minimum absolute atomic E-state index is 0.0305. The van der Waals surface area contributed by atoms with E-state index in [-0.39, 0.29) is 6.01 Å². The summed E-state index contributed by atoms with van der Waals surface area (Å²) in [5.41, 5.74) is 5.99. The number of nitrogens with two attached hydrogens (primary N) is 1. The molecule has 2 aromatic heterocycles. The van der Waals surface area contributed by atoms with Crippen molar-refractivity contribution >= 4 is 17.6 Å². The molecule has 2 heterocycles. The van der Waals surface area contributed by atoms with E-state index in [1.165, 1.54) is 0 Å². The third-order valence-corrected chi connectivity index (χ3v) is 1.63. The predicted octanol–water partition coefficient (Wildman–Crippen LogP) is 1.37. The number of hydrogen-bond acceptors (Lipinski definition) is 5. The Bertz CT molecular complexity index is 428. The number of hydrogen-bond donors (Lipinski definition) is 1. The standard InChI is InChI=1S/C7H5ClN4O/c8-5-3-4(1-2-10-5)6-11-7(9)13-12-6/h1-3H,(H2,9,11,12). The fourth-order valence-electron chi connectivity index (χ4n) is 0.894. The largest absolute Gasteiger partial charge is 0.351 e. The van der Waals surface area contributed by atoms with E-state index in [9.17, 15) is 0 Å². The second kappa shape index (κ2) is 3.02. The minimum atomic E-state index is 0.0305. The van der Waals surface area contributed by atoms with Gasteiger partial charge in [-0.05, 0) is 12.1 Å². The van der Waals surface area contributed by atoms with Crippen LogP contribution < -0.4 is 5.73 Å². The average Bonchev–Trinajstić information content (AvgIpc) is 2.52. The van der Waals surface area contributed by atoms with Crippen molar-refractivity contribution in [1.29, 1.82) is 0 Å². The first-order valence-corrected chi connectivity index (χ1v) is 3.84. The van der Waals surface area contributed by atoms with Crippen molar-refractivity contribution < 1.29 is 4.52 Å². The Labute approximate surface area is 78.5 Å². The molecule has 5 nitrogen and oxygen atoms in total. The van der Waals surface area contributed by atoms with Gasteiger partial charge in [-0.2, -0.15) is 4.98 Å². The molecular formula is C7H5ClN4O. The summed E-state index contributed by atoms with van der Waals surface area (Å²) < 4.78 is 4.61. The molecule has 0 fully saturated rings. The Hall–Kier alpha value is -1.62. The summed E-state index contributed by atoms with van der Waals surface area (Å²) in [4.78, 5) is 7.66. The number of nitrogen functional groups attached to an aromatic ring is 1. The highest BCUT2D eigenvalue weighted by Gasteiger charge is 2.05. The number of aromatic nitrogens is 3. The molecule has 0 radical (unpaired) electrons. The second-order valence-electron chi connectivity index (χ2n) is 2.32. The van der Waals surface area contributed by atoms with E-state index in [0.29, 0.717) is 11.0 Å². The first-order valence-electron chi connectivity index (χ1n) is 3.47. The first kappa shape index (κ1) is 8.00. The van der Waals surface area contributed by atoms with Crippen molar-refractivity contribution in [2.24, 2.45) is 0 Å². The van der Waals surface area contributed by atoms with Crippen molar-refractivity contribution in [2.75, 3.05) is 5.73 Å². The fraction of sp³-hybridized carbons (Fsp3) is 0. The zero-order valence-corrected chi connectivity index (χ0v) is 7.19. The average molecular weight is 197 g/mol. The summed E-state index contributed by atoms with van der Waals surface area (Å²) in [7, 11) is 0. The number of nitrogens with zero attached hydrogens (tertiary/aromatic N) is 3. The second-order valence-corrected chi connectivity index (χ2v) is 2.71. The van der Waals surface area contributed by atoms with Gasteiger partial charge in [-0.25, -0.2) is 4.98 Å². The lowest BCUT2D eigenvalue weighted by Crippen LogP contribution is -1.84. The minimum Gasteiger partial charge on any atom is -0.351 e. The van der Waals surface area contributed by atoms with Gasteiger partial charge in [-0.15, -0.1) is 0 Å². The van der Waals surface area contributed by atoms with E-state index in [4.69, 9.17) is 17.3 Å². The number of halogens is 1. The van der Waals surface area contributed by atoms with Crippen LogP contribution in [0.15, 0.2) is 22.9 Å². The third-order valence-electron chi connectivity index (χ3n) is 1.43. The van der Waals surface area contributed by atoms with Crippen molar-refractivity contribution in [3.63, 3.8) is 0 Å². The Morgan fingerprint density at radius 3 is 2.92 bits per heavy atom. The fourth-order valence-corrected chi connectivity index (χ4v) is 1.07. The van der Waals surface area contributed by atoms with Crippen LogP contribution >= 0.6 is 11.6 Å². The molecule has 0 amide bonds. The topological polar surface area (TPSA) is 77.8 Å². The van der Waals surface area contributed by atoms with Gasteiger partial charge in [0.05, 0.1) is 0 Å². The molecule has 66 valence electrons. The zero-order valence-electron chi connectivity index (χ0n) is 6.44. The molecule has 0 aliphatic carbocycles. The van der Waals surface area contributed by atoms with Crippen molar-refractivity contribution in [3.05, 3.63) is 23.5 Å². The van der Waals surface area contributed by atoms with Gasteiger partial charge in [0.15, 0.2) is 0 Å². The van der Waals surface area contributed by atoms with E-state index < -0.39 is 0 Å². The highest BCUT2D eigenvalue weighted by Crippen LogP contribution is 2.18. The Morgan fingerprint density at radius 2 is 2.31 bits per heavy atom. The van der Waals surface area contributed by atoms with E-state index in [2.05, 4.69) is 19.6 Å². The summed E-state index contributed by atoms with van der Waals surface area (Å²) in [6.07, 6.45) is 1.56. The summed E-state index contributed by atoms with van der Waals surface area (Å²) in [6.45, 7) is 0. The quantitative estimate of drug-likeness (QED) is 0.697. The summed E-state index contributed by atoms with van der Waals surface area (Å²) in [5.74, 6) is 0.404. The molecule has 2 rings (SSSR count).